The second kappa shape index (κ2) is 11.6. The molecule has 1 aromatic carbocycles. The zero-order valence-corrected chi connectivity index (χ0v) is 21.4. The molecule has 38 heavy (non-hydrogen) atoms. The van der Waals surface area contributed by atoms with Crippen molar-refractivity contribution in [2.45, 2.75) is 57.3 Å². The molecule has 0 aliphatic carbocycles. The van der Waals surface area contributed by atoms with Crippen LogP contribution in [0.3, 0.4) is 0 Å². The molecular formula is C23H27FN3O10P. The minimum atomic E-state index is -4.32. The van der Waals surface area contributed by atoms with E-state index in [4.69, 9.17) is 23.3 Å². The number of aromatic nitrogens is 2. The summed E-state index contributed by atoms with van der Waals surface area (Å²) >= 11 is 0. The molecule has 1 unspecified atom stereocenters. The van der Waals surface area contributed by atoms with Crippen LogP contribution in [0, 0.1) is 6.92 Å². The van der Waals surface area contributed by atoms with Crippen molar-refractivity contribution in [3.63, 3.8) is 0 Å². The molecule has 0 saturated carbocycles. The van der Waals surface area contributed by atoms with Crippen molar-refractivity contribution in [3.8, 4) is 5.75 Å². The van der Waals surface area contributed by atoms with Crippen molar-refractivity contribution < 1.29 is 41.8 Å². The maximum absolute atomic E-state index is 15.6. The van der Waals surface area contributed by atoms with E-state index in [-0.39, 0.29) is 30.8 Å². The van der Waals surface area contributed by atoms with Crippen molar-refractivity contribution in [2.75, 3.05) is 13.2 Å². The number of aryl methyl sites for hydroxylation is 1. The quantitative estimate of drug-likeness (QED) is 0.417. The maximum Gasteiger partial charge on any atom is 0.459 e. The summed E-state index contributed by atoms with van der Waals surface area (Å²) in [5.74, 6) is -1.42. The van der Waals surface area contributed by atoms with E-state index in [2.05, 4.69) is 10.1 Å². The average Bonchev–Trinajstić information content (AvgIpc) is 3.17. The first-order chi connectivity index (χ1) is 18.1. The van der Waals surface area contributed by atoms with Crippen molar-refractivity contribution >= 4 is 19.7 Å². The Morgan fingerprint density at radius 1 is 1.16 bits per heavy atom. The SMILES string of the molecule is Cc1cn(C2O[C@H]3CO[P@@](=O)(Oc4ccccc4)N[C@@H](C)C(=O)OCCCC(=O)O[C@@H]3[C@H]2F)c(=O)[nH]c1=O. The fourth-order valence-corrected chi connectivity index (χ4v) is 5.37. The fourth-order valence-electron chi connectivity index (χ4n) is 3.86. The number of alkyl halides is 1. The first-order valence-electron chi connectivity index (χ1n) is 11.8. The van der Waals surface area contributed by atoms with E-state index < -0.39 is 68.2 Å². The van der Waals surface area contributed by atoms with Crippen LogP contribution in [0.4, 0.5) is 4.39 Å². The Kier molecular flexibility index (Phi) is 8.46. The lowest BCUT2D eigenvalue weighted by atomic mass is 10.1. The number of fused-ring (bicyclic) bond motifs is 1. The highest BCUT2D eigenvalue weighted by molar-refractivity contribution is 7.52. The molecule has 2 aliphatic rings. The van der Waals surface area contributed by atoms with Crippen molar-refractivity contribution in [3.05, 3.63) is 62.9 Å². The molecule has 2 saturated heterocycles. The Morgan fingerprint density at radius 3 is 2.63 bits per heavy atom. The number of hydrogen-bond acceptors (Lipinski definition) is 10. The Bertz CT molecular complexity index is 1330. The van der Waals surface area contributed by atoms with Gasteiger partial charge >= 0.3 is 25.4 Å². The van der Waals surface area contributed by atoms with Crippen LogP contribution in [-0.2, 0) is 32.9 Å². The molecule has 2 aromatic rings. The lowest BCUT2D eigenvalue weighted by Crippen LogP contribution is -2.39. The molecule has 0 radical (unpaired) electrons. The van der Waals surface area contributed by atoms with Crippen molar-refractivity contribution in [1.29, 1.82) is 0 Å². The lowest BCUT2D eigenvalue weighted by Gasteiger charge is -2.26. The Labute approximate surface area is 215 Å². The Morgan fingerprint density at radius 2 is 1.89 bits per heavy atom. The lowest BCUT2D eigenvalue weighted by molar-refractivity contribution is -0.156. The van der Waals surface area contributed by atoms with Gasteiger partial charge in [-0.3, -0.25) is 28.5 Å². The van der Waals surface area contributed by atoms with Crippen LogP contribution in [0.1, 0.15) is 31.6 Å². The maximum atomic E-state index is 15.6. The van der Waals surface area contributed by atoms with E-state index in [1.54, 1.807) is 18.2 Å². The van der Waals surface area contributed by atoms with Gasteiger partial charge in [0.05, 0.1) is 13.2 Å². The van der Waals surface area contributed by atoms with Crippen LogP contribution in [0.25, 0.3) is 0 Å². The van der Waals surface area contributed by atoms with Gasteiger partial charge < -0.3 is 18.7 Å². The summed E-state index contributed by atoms with van der Waals surface area (Å²) in [7, 11) is -4.32. The monoisotopic (exact) mass is 555 g/mol. The molecule has 15 heteroatoms. The predicted octanol–water partition coefficient (Wildman–Crippen LogP) is 1.51. The number of hydrogen-bond donors (Lipinski definition) is 2. The van der Waals surface area contributed by atoms with Gasteiger partial charge in [0, 0.05) is 18.2 Å². The number of aromatic amines is 1. The number of carbonyl (C=O) groups excluding carboxylic acids is 2. The molecule has 2 N–H and O–H groups in total. The van der Waals surface area contributed by atoms with E-state index in [0.717, 1.165) is 10.8 Å². The average molecular weight is 555 g/mol. The molecule has 3 heterocycles. The molecule has 4 rings (SSSR count). The number of carbonyl (C=O) groups is 2. The first-order valence-corrected chi connectivity index (χ1v) is 13.4. The standard InChI is InChI=1S/C23H27FN3O10P/c1-13-11-27(23(31)25-20(13)29)21-18(24)19-16(35-21)12-34-38(32,37-15-7-4-3-5-8-15)26-14(2)22(30)33-10-6-9-17(28)36-19/h3-5,7-8,11,14,16,18-19,21H,6,9-10,12H2,1-2H3,(H,26,32)(H,25,29,31)/t14-,16-,18+,19-,21?,38+/m0/s1. The first kappa shape index (κ1) is 27.7. The number of nitrogens with zero attached hydrogens (tertiary/aromatic N) is 1. The largest absolute Gasteiger partial charge is 0.465 e. The fraction of sp³-hybridized carbons (Fsp3) is 0.478. The third-order valence-electron chi connectivity index (χ3n) is 5.81. The zero-order valence-electron chi connectivity index (χ0n) is 20.5. The highest BCUT2D eigenvalue weighted by atomic mass is 31.2. The normalized spacial score (nSPS) is 31.0. The Hall–Kier alpha value is -3.32. The number of benzene rings is 1. The third kappa shape index (κ3) is 6.38. The summed E-state index contributed by atoms with van der Waals surface area (Å²) in [6.07, 6.45) is -5.52. The number of esters is 2. The number of para-hydroxylation sites is 1. The van der Waals surface area contributed by atoms with Crippen LogP contribution in [-0.4, -0.2) is 59.1 Å². The van der Waals surface area contributed by atoms with Crippen LogP contribution in [0.5, 0.6) is 5.75 Å². The molecule has 13 nitrogen and oxygen atoms in total. The van der Waals surface area contributed by atoms with E-state index in [9.17, 15) is 23.7 Å². The molecular weight excluding hydrogens is 528 g/mol. The van der Waals surface area contributed by atoms with Gasteiger partial charge in [-0.05, 0) is 32.4 Å². The molecule has 2 fully saturated rings. The van der Waals surface area contributed by atoms with Crippen LogP contribution in [0.15, 0.2) is 46.1 Å². The van der Waals surface area contributed by atoms with Gasteiger partial charge in [0.2, 0.25) is 0 Å². The molecule has 6 atom stereocenters. The van der Waals surface area contributed by atoms with E-state index >= 15 is 4.39 Å². The highest BCUT2D eigenvalue weighted by Crippen LogP contribution is 2.46. The van der Waals surface area contributed by atoms with E-state index in [1.165, 1.54) is 26.0 Å². The Balaban J connectivity index is 1.65. The highest BCUT2D eigenvalue weighted by Gasteiger charge is 2.50. The van der Waals surface area contributed by atoms with Gasteiger partial charge in [-0.1, -0.05) is 18.2 Å². The summed E-state index contributed by atoms with van der Waals surface area (Å²) in [6.45, 7) is 2.04. The topological polar surface area (TPSA) is 164 Å². The predicted molar refractivity (Wildman–Crippen MR) is 128 cm³/mol. The second-order valence-electron chi connectivity index (χ2n) is 8.76. The molecule has 2 aliphatic heterocycles. The summed E-state index contributed by atoms with van der Waals surface area (Å²) in [4.78, 5) is 51.0. The van der Waals surface area contributed by atoms with Gasteiger partial charge in [0.15, 0.2) is 18.5 Å². The summed E-state index contributed by atoms with van der Waals surface area (Å²) in [5, 5.41) is 2.50. The molecule has 1 aromatic heterocycles. The zero-order chi connectivity index (χ0) is 27.4. The molecule has 0 bridgehead atoms. The number of H-pyrrole nitrogens is 1. The number of ether oxygens (including phenoxy) is 3. The van der Waals surface area contributed by atoms with Crippen LogP contribution >= 0.6 is 7.75 Å². The van der Waals surface area contributed by atoms with E-state index in [0.29, 0.717) is 0 Å². The molecule has 0 spiro atoms. The number of nitrogens with one attached hydrogen (secondary N) is 2. The minimum Gasteiger partial charge on any atom is -0.465 e. The van der Waals surface area contributed by atoms with Gasteiger partial charge in [-0.15, -0.1) is 0 Å². The summed E-state index contributed by atoms with van der Waals surface area (Å²) < 4.78 is 57.3. The smallest absolute Gasteiger partial charge is 0.459 e. The summed E-state index contributed by atoms with van der Waals surface area (Å²) in [6, 6.07) is 6.84. The summed E-state index contributed by atoms with van der Waals surface area (Å²) in [5.41, 5.74) is -1.46. The van der Waals surface area contributed by atoms with Gasteiger partial charge in [0.1, 0.15) is 17.9 Å². The van der Waals surface area contributed by atoms with Crippen LogP contribution < -0.4 is 20.9 Å². The number of rotatable bonds is 3. The van der Waals surface area contributed by atoms with Crippen molar-refractivity contribution in [2.24, 2.45) is 0 Å². The van der Waals surface area contributed by atoms with Crippen LogP contribution in [0.2, 0.25) is 0 Å². The van der Waals surface area contributed by atoms with Crippen molar-refractivity contribution in [1.82, 2.24) is 14.6 Å². The van der Waals surface area contributed by atoms with E-state index in [1.807, 2.05) is 0 Å². The number of halogens is 1. The van der Waals surface area contributed by atoms with Gasteiger partial charge in [-0.2, -0.15) is 5.09 Å². The molecule has 0 amide bonds. The van der Waals surface area contributed by atoms with Gasteiger partial charge in [-0.25, -0.2) is 13.8 Å². The second-order valence-corrected chi connectivity index (χ2v) is 10.5. The minimum absolute atomic E-state index is 0.0865. The third-order valence-corrected chi connectivity index (χ3v) is 7.45. The van der Waals surface area contributed by atoms with Gasteiger partial charge in [0.25, 0.3) is 5.56 Å². The number of cyclic esters (lactones) is 1. The molecule has 206 valence electrons.